The van der Waals surface area contributed by atoms with Gasteiger partial charge in [-0.05, 0) is 36.4 Å². The molecule has 0 aromatic heterocycles. The van der Waals surface area contributed by atoms with Crippen LogP contribution in [0.4, 0.5) is 17.1 Å². The van der Waals surface area contributed by atoms with Gasteiger partial charge in [0.2, 0.25) is 11.8 Å². The summed E-state index contributed by atoms with van der Waals surface area (Å²) in [5.41, 5.74) is 0.927. The van der Waals surface area contributed by atoms with Gasteiger partial charge in [-0.2, -0.15) is 0 Å². The predicted octanol–water partition coefficient (Wildman–Crippen LogP) is 3.16. The van der Waals surface area contributed by atoms with Crippen LogP contribution < -0.4 is 19.7 Å². The van der Waals surface area contributed by atoms with Crippen LogP contribution in [0.15, 0.2) is 83.8 Å². The van der Waals surface area contributed by atoms with Crippen LogP contribution in [0.3, 0.4) is 0 Å². The predicted molar refractivity (Wildman–Crippen MR) is 126 cm³/mol. The average Bonchev–Trinajstić information content (AvgIpc) is 2.79. The van der Waals surface area contributed by atoms with Crippen LogP contribution in [0.1, 0.15) is 13.3 Å². The Hall–Kier alpha value is -4.18. The Morgan fingerprint density at radius 3 is 2.44 bits per heavy atom. The Kier molecular flexibility index (Phi) is 6.33. The molecule has 3 aromatic rings. The summed E-state index contributed by atoms with van der Waals surface area (Å²) in [7, 11) is -4.16. The van der Waals surface area contributed by atoms with Gasteiger partial charge in [-0.3, -0.25) is 18.7 Å². The zero-order valence-corrected chi connectivity index (χ0v) is 18.9. The Bertz CT molecular complexity index is 1360. The highest BCUT2D eigenvalue weighted by molar-refractivity contribution is 7.93. The van der Waals surface area contributed by atoms with Gasteiger partial charge in [-0.25, -0.2) is 8.42 Å². The lowest BCUT2D eigenvalue weighted by atomic mass is 10.1. The number of fused-ring (bicyclic) bond motifs is 1. The second-order valence-corrected chi connectivity index (χ2v) is 9.32. The summed E-state index contributed by atoms with van der Waals surface area (Å²) in [5.74, 6) is -1.49. The molecule has 0 saturated carbocycles. The maximum absolute atomic E-state index is 13.6. The topological polar surface area (TPSA) is 122 Å². The first kappa shape index (κ1) is 23.0. The third-order valence-electron chi connectivity index (χ3n) is 5.04. The Labute approximate surface area is 196 Å². The maximum Gasteiger partial charge on any atom is 0.308 e. The monoisotopic (exact) mass is 479 g/mol. The number of rotatable bonds is 6. The molecule has 9 nitrogen and oxygen atoms in total. The minimum atomic E-state index is -4.16. The molecule has 0 aliphatic carbocycles. The number of ether oxygens (including phenoxy) is 1. The van der Waals surface area contributed by atoms with Crippen LogP contribution in [0.2, 0.25) is 0 Å². The minimum Gasteiger partial charge on any atom is -0.427 e. The van der Waals surface area contributed by atoms with Crippen molar-refractivity contribution in [2.24, 2.45) is 0 Å². The molecule has 2 N–H and O–H groups in total. The average molecular weight is 480 g/mol. The first-order valence-electron chi connectivity index (χ1n) is 10.3. The highest BCUT2D eigenvalue weighted by Crippen LogP contribution is 2.37. The van der Waals surface area contributed by atoms with E-state index in [1.54, 1.807) is 60.7 Å². The lowest BCUT2D eigenvalue weighted by molar-refractivity contribution is -0.131. The van der Waals surface area contributed by atoms with Crippen molar-refractivity contribution < 1.29 is 27.5 Å². The first-order chi connectivity index (χ1) is 16.3. The van der Waals surface area contributed by atoms with E-state index in [4.69, 9.17) is 4.74 Å². The number of nitrogens with zero attached hydrogens (tertiary/aromatic N) is 1. The van der Waals surface area contributed by atoms with E-state index in [2.05, 4.69) is 10.6 Å². The molecule has 1 heterocycles. The third kappa shape index (κ3) is 4.76. The van der Waals surface area contributed by atoms with Gasteiger partial charge in [-0.1, -0.05) is 36.4 Å². The normalized spacial score (nSPS) is 15.1. The Morgan fingerprint density at radius 2 is 1.71 bits per heavy atom. The number of nitrogens with one attached hydrogen (secondary N) is 2. The van der Waals surface area contributed by atoms with Crippen LogP contribution in [0.25, 0.3) is 0 Å². The van der Waals surface area contributed by atoms with Gasteiger partial charge in [-0.15, -0.1) is 0 Å². The summed E-state index contributed by atoms with van der Waals surface area (Å²) in [6.07, 6.45) is -0.440. The second kappa shape index (κ2) is 9.36. The fourth-order valence-electron chi connectivity index (χ4n) is 3.63. The number of hydrogen-bond donors (Lipinski definition) is 2. The fourth-order valence-corrected chi connectivity index (χ4v) is 5.28. The summed E-state index contributed by atoms with van der Waals surface area (Å²) in [6.45, 7) is 1.26. The van der Waals surface area contributed by atoms with Crippen molar-refractivity contribution in [3.05, 3.63) is 78.9 Å². The van der Waals surface area contributed by atoms with Gasteiger partial charge in [0.05, 0.1) is 22.7 Å². The molecule has 0 fully saturated rings. The number of carbonyl (C=O) groups is 3. The van der Waals surface area contributed by atoms with Gasteiger partial charge in [0.15, 0.2) is 0 Å². The summed E-state index contributed by atoms with van der Waals surface area (Å²) in [4.78, 5) is 37.0. The number of anilines is 3. The summed E-state index contributed by atoms with van der Waals surface area (Å²) < 4.78 is 33.1. The van der Waals surface area contributed by atoms with Crippen molar-refractivity contribution in [1.82, 2.24) is 0 Å². The first-order valence-corrected chi connectivity index (χ1v) is 11.8. The van der Waals surface area contributed by atoms with E-state index < -0.39 is 40.3 Å². The largest absolute Gasteiger partial charge is 0.427 e. The molecule has 3 aromatic carbocycles. The highest BCUT2D eigenvalue weighted by Gasteiger charge is 2.41. The van der Waals surface area contributed by atoms with Gasteiger partial charge in [0.1, 0.15) is 11.8 Å². The van der Waals surface area contributed by atoms with Crippen LogP contribution in [-0.2, 0) is 24.4 Å². The molecule has 0 bridgehead atoms. The molecule has 2 amide bonds. The molecule has 1 atom stereocenters. The van der Waals surface area contributed by atoms with Crippen LogP contribution >= 0.6 is 0 Å². The van der Waals surface area contributed by atoms with Crippen molar-refractivity contribution in [2.75, 3.05) is 14.9 Å². The smallest absolute Gasteiger partial charge is 0.308 e. The molecule has 34 heavy (non-hydrogen) atoms. The molecule has 0 spiro atoms. The molecule has 1 unspecified atom stereocenters. The van der Waals surface area contributed by atoms with E-state index in [0.717, 1.165) is 4.31 Å². The third-order valence-corrected chi connectivity index (χ3v) is 6.88. The highest BCUT2D eigenvalue weighted by atomic mass is 32.2. The molecule has 1 aliphatic heterocycles. The van der Waals surface area contributed by atoms with E-state index >= 15 is 0 Å². The van der Waals surface area contributed by atoms with E-state index in [9.17, 15) is 22.8 Å². The zero-order valence-electron chi connectivity index (χ0n) is 18.1. The summed E-state index contributed by atoms with van der Waals surface area (Å²) in [6, 6.07) is 19.1. The maximum atomic E-state index is 13.6. The van der Waals surface area contributed by atoms with Crippen LogP contribution in [0, 0.1) is 0 Å². The second-order valence-electron chi connectivity index (χ2n) is 7.51. The molecular weight excluding hydrogens is 458 g/mol. The van der Waals surface area contributed by atoms with Crippen molar-refractivity contribution in [3.63, 3.8) is 0 Å². The quantitative estimate of drug-likeness (QED) is 0.414. The van der Waals surface area contributed by atoms with Crippen LogP contribution in [0.5, 0.6) is 5.75 Å². The summed E-state index contributed by atoms with van der Waals surface area (Å²) >= 11 is 0. The number of amides is 2. The number of benzene rings is 3. The van der Waals surface area contributed by atoms with Gasteiger partial charge in [0, 0.05) is 18.7 Å². The summed E-state index contributed by atoms with van der Waals surface area (Å²) in [5, 5.41) is 5.31. The van der Waals surface area contributed by atoms with Crippen molar-refractivity contribution in [2.45, 2.75) is 24.3 Å². The lowest BCUT2D eigenvalue weighted by Crippen LogP contribution is -2.52. The molecule has 10 heteroatoms. The number of sulfonamides is 1. The van der Waals surface area contributed by atoms with Crippen molar-refractivity contribution >= 4 is 44.9 Å². The van der Waals surface area contributed by atoms with E-state index in [-0.39, 0.29) is 16.3 Å². The standard InChI is InChI=1S/C24H21N3O6S/c1-16(28)33-18-9-7-8-17(14-18)25-23(29)15-22-24(30)26-20-12-5-6-13-21(20)27(22)34(31,32)19-10-3-2-4-11-19/h2-14,22H,15H2,1H3,(H,25,29)(H,26,30). The van der Waals surface area contributed by atoms with Gasteiger partial charge in [0.25, 0.3) is 10.0 Å². The van der Waals surface area contributed by atoms with Crippen LogP contribution in [-0.4, -0.2) is 32.2 Å². The molecule has 174 valence electrons. The van der Waals surface area contributed by atoms with Gasteiger partial charge >= 0.3 is 5.97 Å². The Morgan fingerprint density at radius 1 is 1.00 bits per heavy atom. The zero-order chi connectivity index (χ0) is 24.3. The molecular formula is C24H21N3O6S. The van der Waals surface area contributed by atoms with E-state index in [0.29, 0.717) is 11.4 Å². The SMILES string of the molecule is CC(=O)Oc1cccc(NC(=O)CC2C(=O)Nc3ccccc3N2S(=O)(=O)c2ccccc2)c1. The van der Waals surface area contributed by atoms with Gasteiger partial charge < -0.3 is 15.4 Å². The number of para-hydroxylation sites is 2. The van der Waals surface area contributed by atoms with Crippen molar-refractivity contribution in [3.8, 4) is 5.75 Å². The van der Waals surface area contributed by atoms with E-state index in [1.807, 2.05) is 0 Å². The molecule has 1 aliphatic rings. The minimum absolute atomic E-state index is 0.000932. The molecule has 4 rings (SSSR count). The fraction of sp³-hybridized carbons (Fsp3) is 0.125. The lowest BCUT2D eigenvalue weighted by Gasteiger charge is -2.36. The molecule has 0 radical (unpaired) electrons. The number of esters is 1. The molecule has 0 saturated heterocycles. The Balaban J connectivity index is 1.65. The van der Waals surface area contributed by atoms with E-state index in [1.165, 1.54) is 25.1 Å². The number of hydrogen-bond acceptors (Lipinski definition) is 6. The van der Waals surface area contributed by atoms with Crippen molar-refractivity contribution in [1.29, 1.82) is 0 Å². The number of carbonyl (C=O) groups excluding carboxylic acids is 3.